The summed E-state index contributed by atoms with van der Waals surface area (Å²) in [5.74, 6) is -3.04. The molecule has 0 saturated heterocycles. The standard InChI is InChI=1S/C11H10F5NO4/c1-3-20-10(18)7-8(19-2)6(21-11(14,15)16)4-5(17-7)9(12)13/h4,9H,3H2,1-2H3. The van der Waals surface area contributed by atoms with Crippen LogP contribution in [0.3, 0.4) is 0 Å². The van der Waals surface area contributed by atoms with Gasteiger partial charge in [-0.25, -0.2) is 18.6 Å². The number of ether oxygens (including phenoxy) is 3. The van der Waals surface area contributed by atoms with Crippen LogP contribution in [0.5, 0.6) is 11.5 Å². The molecule has 0 amide bonds. The number of alkyl halides is 5. The lowest BCUT2D eigenvalue weighted by Gasteiger charge is -2.15. The highest BCUT2D eigenvalue weighted by Crippen LogP contribution is 2.37. The number of methoxy groups -OCH3 is 1. The molecule has 1 aromatic heterocycles. The number of aromatic nitrogens is 1. The lowest BCUT2D eigenvalue weighted by Crippen LogP contribution is -2.19. The molecule has 0 radical (unpaired) electrons. The van der Waals surface area contributed by atoms with Crippen LogP contribution in [0.2, 0.25) is 0 Å². The molecule has 21 heavy (non-hydrogen) atoms. The fourth-order valence-corrected chi connectivity index (χ4v) is 1.38. The van der Waals surface area contributed by atoms with Crippen LogP contribution in [-0.4, -0.2) is 31.0 Å². The Bertz CT molecular complexity index is 518. The number of rotatable bonds is 5. The number of pyridine rings is 1. The summed E-state index contributed by atoms with van der Waals surface area (Å²) < 4.78 is 74.8. The normalized spacial score (nSPS) is 11.4. The maximum Gasteiger partial charge on any atom is 0.573 e. The summed E-state index contributed by atoms with van der Waals surface area (Å²) in [4.78, 5) is 14.8. The van der Waals surface area contributed by atoms with E-state index in [2.05, 4.69) is 19.2 Å². The van der Waals surface area contributed by atoms with Gasteiger partial charge < -0.3 is 14.2 Å². The molecule has 5 nitrogen and oxygen atoms in total. The van der Waals surface area contributed by atoms with E-state index in [0.717, 1.165) is 7.11 Å². The van der Waals surface area contributed by atoms with Crippen molar-refractivity contribution in [2.24, 2.45) is 0 Å². The van der Waals surface area contributed by atoms with Crippen molar-refractivity contribution in [3.05, 3.63) is 17.5 Å². The SMILES string of the molecule is CCOC(=O)c1nc(C(F)F)cc(OC(F)(F)F)c1OC. The second kappa shape index (κ2) is 6.55. The Balaban J connectivity index is 3.43. The molecular formula is C11H10F5NO4. The topological polar surface area (TPSA) is 57.7 Å². The summed E-state index contributed by atoms with van der Waals surface area (Å²) in [6.07, 6.45) is -8.36. The van der Waals surface area contributed by atoms with Gasteiger partial charge in [0.15, 0.2) is 17.2 Å². The van der Waals surface area contributed by atoms with E-state index in [9.17, 15) is 26.7 Å². The van der Waals surface area contributed by atoms with Crippen LogP contribution in [0, 0.1) is 0 Å². The number of hydrogen-bond acceptors (Lipinski definition) is 5. The molecule has 1 heterocycles. The molecule has 0 bridgehead atoms. The number of carbonyl (C=O) groups is 1. The first-order chi connectivity index (χ1) is 9.69. The number of esters is 1. The molecule has 0 atom stereocenters. The van der Waals surface area contributed by atoms with Gasteiger partial charge in [-0.05, 0) is 6.92 Å². The summed E-state index contributed by atoms with van der Waals surface area (Å²) in [7, 11) is 0.936. The van der Waals surface area contributed by atoms with Crippen molar-refractivity contribution < 1.29 is 41.0 Å². The predicted molar refractivity (Wildman–Crippen MR) is 58.4 cm³/mol. The van der Waals surface area contributed by atoms with Crippen LogP contribution in [0.1, 0.15) is 29.5 Å². The minimum atomic E-state index is -5.15. The van der Waals surface area contributed by atoms with Gasteiger partial charge in [0.1, 0.15) is 5.69 Å². The van der Waals surface area contributed by atoms with E-state index in [1.165, 1.54) is 6.92 Å². The molecule has 1 aromatic rings. The average Bonchev–Trinajstić information content (AvgIpc) is 2.36. The van der Waals surface area contributed by atoms with Gasteiger partial charge in [-0.15, -0.1) is 13.2 Å². The molecule has 0 aliphatic rings. The molecule has 0 aromatic carbocycles. The van der Waals surface area contributed by atoms with Crippen molar-refractivity contribution in [1.82, 2.24) is 4.98 Å². The Morgan fingerprint density at radius 1 is 1.38 bits per heavy atom. The molecule has 0 saturated carbocycles. The summed E-state index contributed by atoms with van der Waals surface area (Å²) in [6, 6.07) is 0.347. The fraction of sp³-hybridized carbons (Fsp3) is 0.455. The Morgan fingerprint density at radius 2 is 2.00 bits per heavy atom. The number of halogens is 5. The largest absolute Gasteiger partial charge is 0.573 e. The third-order valence-electron chi connectivity index (χ3n) is 2.08. The highest BCUT2D eigenvalue weighted by molar-refractivity contribution is 5.91. The van der Waals surface area contributed by atoms with Crippen molar-refractivity contribution in [1.29, 1.82) is 0 Å². The Morgan fingerprint density at radius 3 is 2.43 bits per heavy atom. The van der Waals surface area contributed by atoms with Gasteiger partial charge in [-0.3, -0.25) is 0 Å². The number of carbonyl (C=O) groups excluding carboxylic acids is 1. The molecule has 0 fully saturated rings. The number of nitrogens with zero attached hydrogens (tertiary/aromatic N) is 1. The molecule has 0 unspecified atom stereocenters. The second-order valence-corrected chi connectivity index (χ2v) is 3.50. The van der Waals surface area contributed by atoms with Gasteiger partial charge in [-0.2, -0.15) is 0 Å². The van der Waals surface area contributed by atoms with Crippen molar-refractivity contribution in [3.8, 4) is 11.5 Å². The third kappa shape index (κ3) is 4.43. The first-order valence-electron chi connectivity index (χ1n) is 5.49. The molecule has 0 aliphatic heterocycles. The maximum atomic E-state index is 12.7. The minimum Gasteiger partial charge on any atom is -0.491 e. The fourth-order valence-electron chi connectivity index (χ4n) is 1.38. The lowest BCUT2D eigenvalue weighted by atomic mass is 10.2. The first kappa shape index (κ1) is 16.9. The van der Waals surface area contributed by atoms with Crippen LogP contribution in [-0.2, 0) is 4.74 Å². The zero-order valence-corrected chi connectivity index (χ0v) is 10.8. The molecule has 0 aliphatic carbocycles. The highest BCUT2D eigenvalue weighted by atomic mass is 19.4. The van der Waals surface area contributed by atoms with Crippen molar-refractivity contribution in [2.45, 2.75) is 19.7 Å². The average molecular weight is 315 g/mol. The quantitative estimate of drug-likeness (QED) is 0.617. The van der Waals surface area contributed by atoms with Gasteiger partial charge >= 0.3 is 12.3 Å². The smallest absolute Gasteiger partial charge is 0.491 e. The van der Waals surface area contributed by atoms with Crippen molar-refractivity contribution >= 4 is 5.97 Å². The zero-order chi connectivity index (χ0) is 16.2. The van der Waals surface area contributed by atoms with E-state index in [-0.39, 0.29) is 6.61 Å². The predicted octanol–water partition coefficient (Wildman–Crippen LogP) is 3.10. The van der Waals surface area contributed by atoms with Crippen LogP contribution >= 0.6 is 0 Å². The van der Waals surface area contributed by atoms with Gasteiger partial charge in [-0.1, -0.05) is 0 Å². The monoisotopic (exact) mass is 315 g/mol. The van der Waals surface area contributed by atoms with Crippen LogP contribution in [0.15, 0.2) is 6.07 Å². The minimum absolute atomic E-state index is 0.127. The first-order valence-corrected chi connectivity index (χ1v) is 5.49. The van der Waals surface area contributed by atoms with Gasteiger partial charge in [0.25, 0.3) is 6.43 Å². The summed E-state index contributed by atoms with van der Waals surface area (Å²) in [5.41, 5.74) is -1.89. The molecular weight excluding hydrogens is 305 g/mol. The van der Waals surface area contributed by atoms with E-state index in [4.69, 9.17) is 0 Å². The lowest BCUT2D eigenvalue weighted by molar-refractivity contribution is -0.275. The summed E-state index contributed by atoms with van der Waals surface area (Å²) >= 11 is 0. The van der Waals surface area contributed by atoms with Crippen LogP contribution in [0.25, 0.3) is 0 Å². The number of hydrogen-bond donors (Lipinski definition) is 0. The van der Waals surface area contributed by atoms with E-state index >= 15 is 0 Å². The highest BCUT2D eigenvalue weighted by Gasteiger charge is 2.35. The molecule has 118 valence electrons. The van der Waals surface area contributed by atoms with Crippen molar-refractivity contribution in [3.63, 3.8) is 0 Å². The molecule has 0 N–H and O–H groups in total. The second-order valence-electron chi connectivity index (χ2n) is 3.50. The molecule has 0 spiro atoms. The summed E-state index contributed by atoms with van der Waals surface area (Å²) in [6.45, 7) is 1.30. The van der Waals surface area contributed by atoms with E-state index in [1.54, 1.807) is 0 Å². The zero-order valence-electron chi connectivity index (χ0n) is 10.8. The third-order valence-corrected chi connectivity index (χ3v) is 2.08. The maximum absolute atomic E-state index is 12.7. The molecule has 10 heteroatoms. The molecule has 1 rings (SSSR count). The van der Waals surface area contributed by atoms with Gasteiger partial charge in [0, 0.05) is 6.07 Å². The Hall–Kier alpha value is -2.13. The summed E-state index contributed by atoms with van der Waals surface area (Å²) in [5, 5.41) is 0. The van der Waals surface area contributed by atoms with E-state index < -0.39 is 41.6 Å². The van der Waals surface area contributed by atoms with E-state index in [0.29, 0.717) is 6.07 Å². The van der Waals surface area contributed by atoms with Gasteiger partial charge in [0.2, 0.25) is 0 Å². The van der Waals surface area contributed by atoms with Crippen LogP contribution < -0.4 is 9.47 Å². The van der Waals surface area contributed by atoms with Crippen molar-refractivity contribution in [2.75, 3.05) is 13.7 Å². The van der Waals surface area contributed by atoms with E-state index in [1.807, 2.05) is 0 Å². The van der Waals surface area contributed by atoms with Gasteiger partial charge in [0.05, 0.1) is 13.7 Å². The Labute approximate surface area is 115 Å². The Kier molecular flexibility index (Phi) is 5.28. The van der Waals surface area contributed by atoms with Crippen LogP contribution in [0.4, 0.5) is 22.0 Å².